The van der Waals surface area contributed by atoms with Gasteiger partial charge < -0.3 is 10.8 Å². The van der Waals surface area contributed by atoms with Crippen molar-refractivity contribution in [1.82, 2.24) is 9.55 Å². The molecule has 0 saturated heterocycles. The molecule has 0 aliphatic heterocycles. The highest BCUT2D eigenvalue weighted by molar-refractivity contribution is 5.79. The van der Waals surface area contributed by atoms with Gasteiger partial charge in [0.25, 0.3) is 5.56 Å². The first-order valence-electron chi connectivity index (χ1n) is 6.27. The SMILES string of the molecule is Cc1ccccc1-c1c(O)n(C(C)C(N)=O)c(=O)[nH]c1=O. The largest absolute Gasteiger partial charge is 0.494 e. The summed E-state index contributed by atoms with van der Waals surface area (Å²) in [7, 11) is 0. The van der Waals surface area contributed by atoms with Gasteiger partial charge in [0.2, 0.25) is 11.8 Å². The van der Waals surface area contributed by atoms with E-state index in [1.54, 1.807) is 31.2 Å². The van der Waals surface area contributed by atoms with Crippen LogP contribution in [0, 0.1) is 6.92 Å². The monoisotopic (exact) mass is 289 g/mol. The van der Waals surface area contributed by atoms with E-state index in [2.05, 4.69) is 4.98 Å². The maximum atomic E-state index is 12.0. The third kappa shape index (κ3) is 2.45. The molecule has 2 aromatic rings. The smallest absolute Gasteiger partial charge is 0.331 e. The van der Waals surface area contributed by atoms with Crippen molar-refractivity contribution in [2.45, 2.75) is 19.9 Å². The standard InChI is InChI=1S/C14H15N3O4/c1-7-5-3-4-6-9(7)10-12(19)16-14(21)17(13(10)20)8(2)11(15)18/h3-6,8,20H,1-2H3,(H2,15,18)(H,16,19,21). The predicted molar refractivity (Wildman–Crippen MR) is 77.1 cm³/mol. The quantitative estimate of drug-likeness (QED) is 0.751. The number of aryl methyl sites for hydroxylation is 1. The van der Waals surface area contributed by atoms with E-state index in [9.17, 15) is 19.5 Å². The van der Waals surface area contributed by atoms with Crippen LogP contribution in [0.4, 0.5) is 0 Å². The van der Waals surface area contributed by atoms with Gasteiger partial charge in [0, 0.05) is 0 Å². The maximum Gasteiger partial charge on any atom is 0.331 e. The highest BCUT2D eigenvalue weighted by Gasteiger charge is 2.22. The molecular formula is C14H15N3O4. The van der Waals surface area contributed by atoms with Gasteiger partial charge in [0.15, 0.2) is 0 Å². The molecule has 0 aliphatic rings. The molecule has 0 aliphatic carbocycles. The van der Waals surface area contributed by atoms with Crippen LogP contribution in [0.1, 0.15) is 18.5 Å². The van der Waals surface area contributed by atoms with Crippen molar-refractivity contribution in [3.8, 4) is 17.0 Å². The van der Waals surface area contributed by atoms with E-state index in [1.165, 1.54) is 6.92 Å². The fraction of sp³-hybridized carbons (Fsp3) is 0.214. The summed E-state index contributed by atoms with van der Waals surface area (Å²) in [5, 5.41) is 10.3. The number of aromatic nitrogens is 2. The average molecular weight is 289 g/mol. The third-order valence-electron chi connectivity index (χ3n) is 3.33. The van der Waals surface area contributed by atoms with Crippen molar-refractivity contribution in [2.24, 2.45) is 5.73 Å². The van der Waals surface area contributed by atoms with Gasteiger partial charge in [-0.25, -0.2) is 4.79 Å². The number of carbonyl (C=O) groups is 1. The Morgan fingerprint density at radius 1 is 1.33 bits per heavy atom. The molecule has 1 atom stereocenters. The fourth-order valence-electron chi connectivity index (χ4n) is 2.12. The van der Waals surface area contributed by atoms with Gasteiger partial charge in [-0.15, -0.1) is 0 Å². The lowest BCUT2D eigenvalue weighted by atomic mass is 10.0. The average Bonchev–Trinajstić information content (AvgIpc) is 2.40. The molecule has 1 heterocycles. The molecule has 1 amide bonds. The summed E-state index contributed by atoms with van der Waals surface area (Å²) in [4.78, 5) is 37.2. The van der Waals surface area contributed by atoms with E-state index in [1.807, 2.05) is 0 Å². The van der Waals surface area contributed by atoms with Crippen molar-refractivity contribution < 1.29 is 9.90 Å². The zero-order chi connectivity index (χ0) is 15.7. The molecule has 4 N–H and O–H groups in total. The van der Waals surface area contributed by atoms with Gasteiger partial charge in [-0.1, -0.05) is 24.3 Å². The number of amides is 1. The van der Waals surface area contributed by atoms with Crippen LogP contribution in [0.15, 0.2) is 33.9 Å². The molecule has 0 saturated carbocycles. The van der Waals surface area contributed by atoms with Crippen LogP contribution in [0.25, 0.3) is 11.1 Å². The molecule has 2 rings (SSSR count). The van der Waals surface area contributed by atoms with Crippen molar-refractivity contribution >= 4 is 5.91 Å². The van der Waals surface area contributed by atoms with Crippen molar-refractivity contribution in [3.63, 3.8) is 0 Å². The minimum atomic E-state index is -1.09. The first-order valence-corrected chi connectivity index (χ1v) is 6.27. The van der Waals surface area contributed by atoms with Gasteiger partial charge in [-0.05, 0) is 25.0 Å². The Balaban J connectivity index is 2.84. The molecule has 0 bridgehead atoms. The van der Waals surface area contributed by atoms with Gasteiger partial charge in [0.05, 0.1) is 0 Å². The fourth-order valence-corrected chi connectivity index (χ4v) is 2.12. The lowest BCUT2D eigenvalue weighted by Gasteiger charge is -2.16. The number of nitrogens with one attached hydrogen (secondary N) is 1. The molecule has 0 spiro atoms. The van der Waals surface area contributed by atoms with Crippen molar-refractivity contribution in [3.05, 3.63) is 50.7 Å². The molecule has 110 valence electrons. The van der Waals surface area contributed by atoms with Crippen LogP contribution in [-0.2, 0) is 4.79 Å². The number of H-pyrrole nitrogens is 1. The van der Waals surface area contributed by atoms with Crippen LogP contribution in [-0.4, -0.2) is 20.6 Å². The van der Waals surface area contributed by atoms with E-state index < -0.39 is 29.1 Å². The van der Waals surface area contributed by atoms with E-state index >= 15 is 0 Å². The number of primary amides is 1. The first kappa shape index (κ1) is 14.6. The van der Waals surface area contributed by atoms with Gasteiger partial charge in [0.1, 0.15) is 11.6 Å². The number of nitrogens with zero attached hydrogens (tertiary/aromatic N) is 1. The second-order valence-corrected chi connectivity index (χ2v) is 4.72. The number of hydrogen-bond acceptors (Lipinski definition) is 4. The number of aromatic hydroxyl groups is 1. The Morgan fingerprint density at radius 2 is 1.95 bits per heavy atom. The molecule has 1 aromatic carbocycles. The topological polar surface area (TPSA) is 118 Å². The minimum Gasteiger partial charge on any atom is -0.494 e. The number of hydrogen-bond donors (Lipinski definition) is 3. The Hall–Kier alpha value is -2.83. The van der Waals surface area contributed by atoms with E-state index in [0.717, 1.165) is 10.1 Å². The Bertz CT molecular complexity index is 820. The Morgan fingerprint density at radius 3 is 2.52 bits per heavy atom. The Kier molecular flexibility index (Phi) is 3.66. The maximum absolute atomic E-state index is 12.0. The highest BCUT2D eigenvalue weighted by Crippen LogP contribution is 2.28. The van der Waals surface area contributed by atoms with Crippen molar-refractivity contribution in [1.29, 1.82) is 0 Å². The molecule has 0 radical (unpaired) electrons. The highest BCUT2D eigenvalue weighted by atomic mass is 16.3. The molecule has 7 nitrogen and oxygen atoms in total. The summed E-state index contributed by atoms with van der Waals surface area (Å²) in [6, 6.07) is 5.81. The van der Waals surface area contributed by atoms with E-state index in [-0.39, 0.29) is 5.56 Å². The number of benzene rings is 1. The van der Waals surface area contributed by atoms with Crippen LogP contribution in [0.2, 0.25) is 0 Å². The minimum absolute atomic E-state index is 0.0687. The summed E-state index contributed by atoms with van der Waals surface area (Å²) < 4.78 is 0.769. The number of rotatable bonds is 3. The lowest BCUT2D eigenvalue weighted by Crippen LogP contribution is -2.37. The van der Waals surface area contributed by atoms with Gasteiger partial charge >= 0.3 is 5.69 Å². The van der Waals surface area contributed by atoms with Gasteiger partial charge in [-0.2, -0.15) is 0 Å². The van der Waals surface area contributed by atoms with E-state index in [4.69, 9.17) is 5.73 Å². The van der Waals surface area contributed by atoms with E-state index in [0.29, 0.717) is 5.56 Å². The van der Waals surface area contributed by atoms with Crippen LogP contribution >= 0.6 is 0 Å². The normalized spacial score (nSPS) is 12.1. The van der Waals surface area contributed by atoms with Crippen LogP contribution in [0.5, 0.6) is 5.88 Å². The number of nitrogens with two attached hydrogens (primary N) is 1. The number of carbonyl (C=O) groups excluding carboxylic acids is 1. The first-order chi connectivity index (χ1) is 9.84. The summed E-state index contributed by atoms with van der Waals surface area (Å²) >= 11 is 0. The summed E-state index contributed by atoms with van der Waals surface area (Å²) in [5.74, 6) is -1.38. The summed E-state index contributed by atoms with van der Waals surface area (Å²) in [5.41, 5.74) is 4.70. The zero-order valence-corrected chi connectivity index (χ0v) is 11.6. The van der Waals surface area contributed by atoms with Crippen molar-refractivity contribution in [2.75, 3.05) is 0 Å². The van der Waals surface area contributed by atoms with Gasteiger partial charge in [-0.3, -0.25) is 19.1 Å². The lowest BCUT2D eigenvalue weighted by molar-refractivity contribution is -0.120. The molecular weight excluding hydrogens is 274 g/mol. The zero-order valence-electron chi connectivity index (χ0n) is 11.6. The molecule has 21 heavy (non-hydrogen) atoms. The Labute approximate surface area is 119 Å². The second-order valence-electron chi connectivity index (χ2n) is 4.72. The van der Waals surface area contributed by atoms with Crippen LogP contribution in [0.3, 0.4) is 0 Å². The predicted octanol–water partition coefficient (Wildman–Crippen LogP) is 0.264. The number of aromatic amines is 1. The summed E-state index contributed by atoms with van der Waals surface area (Å²) in [6.45, 7) is 3.13. The molecule has 7 heteroatoms. The molecule has 0 fully saturated rings. The summed E-state index contributed by atoms with van der Waals surface area (Å²) in [6.07, 6.45) is 0. The van der Waals surface area contributed by atoms with Crippen LogP contribution < -0.4 is 17.0 Å². The molecule has 1 aromatic heterocycles. The molecule has 1 unspecified atom stereocenters. The second kappa shape index (κ2) is 5.28. The third-order valence-corrected chi connectivity index (χ3v) is 3.33.